The average molecular weight is 423 g/mol. The third kappa shape index (κ3) is 8.50. The molecule has 0 aromatic heterocycles. The van der Waals surface area contributed by atoms with Crippen molar-refractivity contribution in [3.05, 3.63) is 47.5 Å². The number of thiol groups is 1. The summed E-state index contributed by atoms with van der Waals surface area (Å²) < 4.78 is 11.4. The van der Waals surface area contributed by atoms with Gasteiger partial charge in [0.2, 0.25) is 0 Å². The maximum Gasteiger partial charge on any atom is 0.331 e. The third-order valence-electron chi connectivity index (χ3n) is 3.84. The topological polar surface area (TPSA) is 67.9 Å². The number of amides is 2. The largest absolute Gasteiger partial charge is 0.458 e. The summed E-state index contributed by atoms with van der Waals surface area (Å²) in [6, 6.07) is 9.12. The van der Waals surface area contributed by atoms with Crippen molar-refractivity contribution in [3.63, 3.8) is 0 Å². The Balaban J connectivity index is 3.01. The first-order chi connectivity index (χ1) is 13.2. The molecule has 0 aliphatic heterocycles. The predicted molar refractivity (Wildman–Crippen MR) is 119 cm³/mol. The zero-order valence-corrected chi connectivity index (χ0v) is 19.4. The lowest BCUT2D eigenvalue weighted by Gasteiger charge is -2.33. The number of esters is 1. The van der Waals surface area contributed by atoms with Crippen LogP contribution in [0.1, 0.15) is 60.1 Å². The standard InChI is InChI=1S/C22H34N2O4S/c1-15(2)27-18(17-12-10-9-11-13-17)14-24(16(3)29)20(26)23-22(7,8)19(25)28-21(4,5)6/h9-13,15,18,29H,3,14H2,1-2,4-8H3,(H,23,26)/t18-/m1/s1. The van der Waals surface area contributed by atoms with E-state index in [0.29, 0.717) is 0 Å². The smallest absolute Gasteiger partial charge is 0.331 e. The molecule has 0 bridgehead atoms. The molecule has 1 atom stereocenters. The molecule has 7 heteroatoms. The van der Waals surface area contributed by atoms with E-state index >= 15 is 0 Å². The van der Waals surface area contributed by atoms with Gasteiger partial charge in [0.15, 0.2) is 0 Å². The number of rotatable bonds is 8. The zero-order valence-electron chi connectivity index (χ0n) is 18.5. The second-order valence-corrected chi connectivity index (χ2v) is 9.18. The first-order valence-corrected chi connectivity index (χ1v) is 10.1. The summed E-state index contributed by atoms with van der Waals surface area (Å²) in [5.74, 6) is -0.527. The minimum absolute atomic E-state index is 0.0449. The predicted octanol–water partition coefficient (Wildman–Crippen LogP) is 4.69. The van der Waals surface area contributed by atoms with E-state index in [1.807, 2.05) is 44.2 Å². The third-order valence-corrected chi connectivity index (χ3v) is 4.08. The van der Waals surface area contributed by atoms with Gasteiger partial charge < -0.3 is 14.8 Å². The van der Waals surface area contributed by atoms with Crippen LogP contribution in [0.3, 0.4) is 0 Å². The summed E-state index contributed by atoms with van der Waals surface area (Å²) in [7, 11) is 0. The first kappa shape index (κ1) is 25.0. The van der Waals surface area contributed by atoms with E-state index in [-0.39, 0.29) is 23.8 Å². The minimum Gasteiger partial charge on any atom is -0.458 e. The molecule has 1 aromatic carbocycles. The molecular formula is C22H34N2O4S. The number of nitrogens with zero attached hydrogens (tertiary/aromatic N) is 1. The van der Waals surface area contributed by atoms with Gasteiger partial charge in [-0.1, -0.05) is 36.9 Å². The SMILES string of the molecule is C=C(S)N(C[C@@H](OC(C)C)c1ccccc1)C(=O)NC(C)(C)C(=O)OC(C)(C)C. The normalized spacial score (nSPS) is 13.0. The highest BCUT2D eigenvalue weighted by Crippen LogP contribution is 2.24. The Bertz CT molecular complexity index is 711. The molecule has 0 aliphatic carbocycles. The molecule has 0 spiro atoms. The molecule has 0 unspecified atom stereocenters. The van der Waals surface area contributed by atoms with Crippen LogP contribution in [0.5, 0.6) is 0 Å². The van der Waals surface area contributed by atoms with Gasteiger partial charge in [0.25, 0.3) is 0 Å². The van der Waals surface area contributed by atoms with Crippen LogP contribution in [-0.2, 0) is 14.3 Å². The highest BCUT2D eigenvalue weighted by atomic mass is 32.1. The zero-order chi connectivity index (χ0) is 22.4. The maximum absolute atomic E-state index is 13.0. The molecule has 0 aliphatic rings. The van der Waals surface area contributed by atoms with E-state index < -0.39 is 23.1 Å². The van der Waals surface area contributed by atoms with Crippen molar-refractivity contribution < 1.29 is 19.1 Å². The van der Waals surface area contributed by atoms with Crippen molar-refractivity contribution in [1.29, 1.82) is 0 Å². The van der Waals surface area contributed by atoms with Crippen LogP contribution in [0, 0.1) is 0 Å². The van der Waals surface area contributed by atoms with Gasteiger partial charge in [-0.25, -0.2) is 9.59 Å². The summed E-state index contributed by atoms with van der Waals surface area (Å²) in [4.78, 5) is 26.8. The molecule has 0 fully saturated rings. The van der Waals surface area contributed by atoms with Crippen molar-refractivity contribution >= 4 is 24.6 Å². The second kappa shape index (κ2) is 10.2. The molecule has 0 radical (unpaired) electrons. The molecule has 1 N–H and O–H groups in total. The van der Waals surface area contributed by atoms with Gasteiger partial charge in [-0.15, -0.1) is 12.6 Å². The number of urea groups is 1. The summed E-state index contributed by atoms with van der Waals surface area (Å²) in [5, 5.41) is 2.96. The molecule has 1 aromatic rings. The quantitative estimate of drug-likeness (QED) is 0.471. The van der Waals surface area contributed by atoms with E-state index in [2.05, 4.69) is 24.5 Å². The molecule has 6 nitrogen and oxygen atoms in total. The lowest BCUT2D eigenvalue weighted by Crippen LogP contribution is -2.55. The molecular weight excluding hydrogens is 388 g/mol. The highest BCUT2D eigenvalue weighted by Gasteiger charge is 2.36. The van der Waals surface area contributed by atoms with Crippen LogP contribution in [-0.4, -0.2) is 40.7 Å². The summed E-state index contributed by atoms with van der Waals surface area (Å²) in [6.07, 6.45) is -0.424. The Kier molecular flexibility index (Phi) is 8.78. The molecule has 0 saturated heterocycles. The van der Waals surface area contributed by atoms with Gasteiger partial charge >= 0.3 is 12.0 Å². The second-order valence-electron chi connectivity index (χ2n) is 8.67. The van der Waals surface area contributed by atoms with E-state index in [0.717, 1.165) is 5.56 Å². The first-order valence-electron chi connectivity index (χ1n) is 9.64. The Morgan fingerprint density at radius 2 is 1.69 bits per heavy atom. The van der Waals surface area contributed by atoms with Crippen molar-refractivity contribution in [1.82, 2.24) is 10.2 Å². The molecule has 0 saturated carbocycles. The molecule has 0 heterocycles. The number of hydrogen-bond donors (Lipinski definition) is 2. The van der Waals surface area contributed by atoms with Crippen molar-refractivity contribution in [3.8, 4) is 0 Å². The molecule has 162 valence electrons. The lowest BCUT2D eigenvalue weighted by atomic mass is 10.1. The Morgan fingerprint density at radius 3 is 2.14 bits per heavy atom. The summed E-state index contributed by atoms with van der Waals surface area (Å²) in [6.45, 7) is 16.4. The average Bonchev–Trinajstić information content (AvgIpc) is 2.56. The monoisotopic (exact) mass is 422 g/mol. The number of carbonyl (C=O) groups is 2. The van der Waals surface area contributed by atoms with E-state index in [9.17, 15) is 9.59 Å². The van der Waals surface area contributed by atoms with Crippen LogP contribution < -0.4 is 5.32 Å². The highest BCUT2D eigenvalue weighted by molar-refractivity contribution is 7.84. The van der Waals surface area contributed by atoms with Crippen LogP contribution >= 0.6 is 12.6 Å². The van der Waals surface area contributed by atoms with Crippen molar-refractivity contribution in [2.75, 3.05) is 6.54 Å². The van der Waals surface area contributed by atoms with Gasteiger partial charge in [-0.05, 0) is 54.0 Å². The van der Waals surface area contributed by atoms with Gasteiger partial charge in [0, 0.05) is 0 Å². The van der Waals surface area contributed by atoms with Crippen molar-refractivity contribution in [2.45, 2.75) is 71.8 Å². The Hall–Kier alpha value is -1.99. The fourth-order valence-electron chi connectivity index (χ4n) is 2.49. The van der Waals surface area contributed by atoms with Crippen LogP contribution in [0.4, 0.5) is 4.79 Å². The molecule has 29 heavy (non-hydrogen) atoms. The van der Waals surface area contributed by atoms with Crippen molar-refractivity contribution in [2.24, 2.45) is 0 Å². The number of nitrogens with one attached hydrogen (secondary N) is 1. The number of ether oxygens (including phenoxy) is 2. The Morgan fingerprint density at radius 1 is 1.14 bits per heavy atom. The molecule has 1 rings (SSSR count). The van der Waals surface area contributed by atoms with Crippen LogP contribution in [0.15, 0.2) is 41.9 Å². The lowest BCUT2D eigenvalue weighted by molar-refractivity contribution is -0.161. The summed E-state index contributed by atoms with van der Waals surface area (Å²) in [5.41, 5.74) is -0.956. The molecule has 2 amide bonds. The number of carbonyl (C=O) groups excluding carboxylic acids is 2. The minimum atomic E-state index is -1.23. The number of benzene rings is 1. The maximum atomic E-state index is 13.0. The van der Waals surface area contributed by atoms with E-state index in [1.165, 1.54) is 4.90 Å². The van der Waals surface area contributed by atoms with Crippen LogP contribution in [0.25, 0.3) is 0 Å². The Labute approximate surface area is 180 Å². The van der Waals surface area contributed by atoms with Gasteiger partial charge in [-0.3, -0.25) is 4.90 Å². The van der Waals surface area contributed by atoms with E-state index in [4.69, 9.17) is 9.47 Å². The number of hydrogen-bond acceptors (Lipinski definition) is 5. The van der Waals surface area contributed by atoms with Gasteiger partial charge in [0.1, 0.15) is 17.2 Å². The fourth-order valence-corrected chi connectivity index (χ4v) is 2.66. The van der Waals surface area contributed by atoms with Crippen LogP contribution in [0.2, 0.25) is 0 Å². The van der Waals surface area contributed by atoms with E-state index in [1.54, 1.807) is 34.6 Å². The summed E-state index contributed by atoms with van der Waals surface area (Å²) >= 11 is 4.28. The fraction of sp³-hybridized carbons (Fsp3) is 0.545. The van der Waals surface area contributed by atoms with Gasteiger partial charge in [-0.2, -0.15) is 0 Å². The van der Waals surface area contributed by atoms with Gasteiger partial charge in [0.05, 0.1) is 17.7 Å².